The standard InChI is InChI=1S/C22H25N3O7S.C12H23N3O/c1-9-16-15(10(2)26)20(28)25(16)17(22(31)32)18(9)33-13-7-14(23-8-13)19(27)24-12-5-3-4-11(6-12)21(29)30;16-12(10-15-8-6-13-7-9-15)14-11-4-2-1-3-5-11/h3-6,9-10,13-16,23,26H,7-8H2,1-2H3,(H,24,27)(H,29,30)(H,31,32);11,13H,1-10H2,(H,14,16)/t9-,10-,13+,14+,15-,16-;/m1./s1. The molecule has 15 heteroatoms. The first-order chi connectivity index (χ1) is 23.4. The molecular weight excluding hydrogens is 652 g/mol. The topological polar surface area (TPSA) is 201 Å². The van der Waals surface area contributed by atoms with Crippen LogP contribution in [0.2, 0.25) is 0 Å². The molecule has 6 atom stereocenters. The number of aliphatic carboxylic acids is 1. The maximum absolute atomic E-state index is 12.7. The zero-order chi connectivity index (χ0) is 35.2. The lowest BCUT2D eigenvalue weighted by Gasteiger charge is -2.46. The number of amides is 3. The van der Waals surface area contributed by atoms with Crippen LogP contribution in [-0.4, -0.2) is 124 Å². The number of aliphatic hydroxyl groups excluding tert-OH is 1. The van der Waals surface area contributed by atoms with E-state index in [4.69, 9.17) is 5.11 Å². The Bertz CT molecular complexity index is 1420. The second-order valence-corrected chi connectivity index (χ2v) is 14.9. The molecule has 1 aromatic carbocycles. The molecule has 0 unspecified atom stereocenters. The van der Waals surface area contributed by atoms with E-state index in [9.17, 15) is 34.2 Å². The maximum Gasteiger partial charge on any atom is 0.353 e. The highest BCUT2D eigenvalue weighted by molar-refractivity contribution is 8.03. The number of rotatable bonds is 10. The number of carboxylic acid groups (broad SMARTS) is 2. The number of carbonyl (C=O) groups is 5. The number of hydrogen-bond acceptors (Lipinski definition) is 10. The monoisotopic (exact) mass is 700 g/mol. The smallest absolute Gasteiger partial charge is 0.353 e. The Balaban J connectivity index is 0.000000244. The van der Waals surface area contributed by atoms with Crippen molar-refractivity contribution in [2.45, 2.75) is 81.9 Å². The molecule has 4 heterocycles. The molecule has 3 saturated heterocycles. The lowest BCUT2D eigenvalue weighted by atomic mass is 9.79. The summed E-state index contributed by atoms with van der Waals surface area (Å²) in [5.41, 5.74) is 0.418. The SMILES string of the molecule is C[C@@H](O)[C@H]1C(=O)N2C(C(=O)O)=C(S[C@@H]3CN[C@H](C(=O)Nc4cccc(C(=O)O)c4)C3)[C@H](C)[C@H]12.O=C(CN1CCNCC1)NC1CCCCC1. The molecule has 1 aromatic rings. The van der Waals surface area contributed by atoms with Crippen LogP contribution in [0.5, 0.6) is 0 Å². The first kappa shape index (κ1) is 36.8. The second-order valence-electron chi connectivity index (χ2n) is 13.5. The van der Waals surface area contributed by atoms with Crippen molar-refractivity contribution < 1.29 is 39.3 Å². The fourth-order valence-electron chi connectivity index (χ4n) is 7.40. The molecule has 4 fully saturated rings. The summed E-state index contributed by atoms with van der Waals surface area (Å²) in [5, 5.41) is 41.0. The van der Waals surface area contributed by atoms with Crippen LogP contribution in [-0.2, 0) is 19.2 Å². The van der Waals surface area contributed by atoms with Crippen LogP contribution in [0.15, 0.2) is 34.9 Å². The number of carbonyl (C=O) groups excluding carboxylic acids is 3. The van der Waals surface area contributed by atoms with Crippen molar-refractivity contribution in [3.05, 3.63) is 40.4 Å². The molecule has 268 valence electrons. The molecule has 7 N–H and O–H groups in total. The summed E-state index contributed by atoms with van der Waals surface area (Å²) >= 11 is 1.36. The van der Waals surface area contributed by atoms with Gasteiger partial charge in [0.2, 0.25) is 17.7 Å². The third-order valence-electron chi connectivity index (χ3n) is 9.94. The van der Waals surface area contributed by atoms with Crippen LogP contribution in [0.3, 0.4) is 0 Å². The molecule has 0 aromatic heterocycles. The summed E-state index contributed by atoms with van der Waals surface area (Å²) in [5.74, 6) is -3.58. The average molecular weight is 701 g/mol. The van der Waals surface area contributed by atoms with E-state index in [-0.39, 0.29) is 46.2 Å². The van der Waals surface area contributed by atoms with Gasteiger partial charge in [0.25, 0.3) is 0 Å². The van der Waals surface area contributed by atoms with Gasteiger partial charge < -0.3 is 41.5 Å². The molecule has 0 spiro atoms. The fourth-order valence-corrected chi connectivity index (χ4v) is 8.88. The zero-order valence-electron chi connectivity index (χ0n) is 28.0. The van der Waals surface area contributed by atoms with E-state index in [2.05, 4.69) is 26.2 Å². The van der Waals surface area contributed by atoms with Crippen molar-refractivity contribution in [3.63, 3.8) is 0 Å². The summed E-state index contributed by atoms with van der Waals surface area (Å²) in [6.45, 7) is 8.47. The van der Waals surface area contributed by atoms with E-state index < -0.39 is 30.0 Å². The molecule has 4 aliphatic heterocycles. The summed E-state index contributed by atoms with van der Waals surface area (Å²) in [4.78, 5) is 64.1. The molecule has 0 radical (unpaired) electrons. The highest BCUT2D eigenvalue weighted by Gasteiger charge is 2.60. The third kappa shape index (κ3) is 8.81. The van der Waals surface area contributed by atoms with Gasteiger partial charge in [-0.25, -0.2) is 9.59 Å². The number of hydrogen-bond donors (Lipinski definition) is 7. The van der Waals surface area contributed by atoms with Crippen molar-refractivity contribution in [3.8, 4) is 0 Å². The third-order valence-corrected chi connectivity index (χ3v) is 11.4. The van der Waals surface area contributed by atoms with E-state index in [1.807, 2.05) is 6.92 Å². The number of aliphatic hydroxyl groups is 1. The van der Waals surface area contributed by atoms with Gasteiger partial charge in [-0.3, -0.25) is 19.3 Å². The predicted octanol–water partition coefficient (Wildman–Crippen LogP) is 1.28. The van der Waals surface area contributed by atoms with Gasteiger partial charge in [0.05, 0.1) is 36.2 Å². The Hall–Kier alpha value is -3.50. The summed E-state index contributed by atoms with van der Waals surface area (Å²) < 4.78 is 0. The Morgan fingerprint density at radius 2 is 1.78 bits per heavy atom. The average Bonchev–Trinajstić information content (AvgIpc) is 3.63. The van der Waals surface area contributed by atoms with Gasteiger partial charge in [-0.1, -0.05) is 32.3 Å². The van der Waals surface area contributed by atoms with Crippen molar-refractivity contribution in [1.82, 2.24) is 25.8 Å². The number of β-lactam (4-membered cyclic amide) rings is 1. The molecule has 1 saturated carbocycles. The van der Waals surface area contributed by atoms with Crippen LogP contribution in [0.4, 0.5) is 5.69 Å². The molecular formula is C34H48N6O8S. The van der Waals surface area contributed by atoms with Gasteiger partial charge in [-0.2, -0.15) is 0 Å². The predicted molar refractivity (Wildman–Crippen MR) is 184 cm³/mol. The largest absolute Gasteiger partial charge is 0.478 e. The number of carboxylic acids is 2. The van der Waals surface area contributed by atoms with Gasteiger partial charge in [0.15, 0.2) is 0 Å². The zero-order valence-corrected chi connectivity index (χ0v) is 28.8. The number of piperazine rings is 1. The molecule has 6 rings (SSSR count). The highest BCUT2D eigenvalue weighted by Crippen LogP contribution is 2.51. The second kappa shape index (κ2) is 16.5. The normalized spacial score (nSPS) is 27.8. The number of thioether (sulfide) groups is 1. The van der Waals surface area contributed by atoms with Gasteiger partial charge in [0, 0.05) is 60.5 Å². The molecule has 5 aliphatic rings. The summed E-state index contributed by atoms with van der Waals surface area (Å²) in [7, 11) is 0. The molecule has 1 aliphatic carbocycles. The van der Waals surface area contributed by atoms with Crippen LogP contribution >= 0.6 is 11.8 Å². The minimum atomic E-state index is -1.18. The number of aromatic carboxylic acids is 1. The summed E-state index contributed by atoms with van der Waals surface area (Å²) in [6, 6.07) is 5.52. The Morgan fingerprint density at radius 3 is 2.43 bits per heavy atom. The Morgan fingerprint density at radius 1 is 1.06 bits per heavy atom. The first-order valence-corrected chi connectivity index (χ1v) is 18.1. The van der Waals surface area contributed by atoms with Gasteiger partial charge in [-0.15, -0.1) is 11.8 Å². The van der Waals surface area contributed by atoms with Crippen LogP contribution < -0.4 is 21.3 Å². The number of fused-ring (bicyclic) bond motifs is 1. The van der Waals surface area contributed by atoms with E-state index in [1.165, 1.54) is 67.8 Å². The van der Waals surface area contributed by atoms with Crippen LogP contribution in [0.25, 0.3) is 0 Å². The summed E-state index contributed by atoms with van der Waals surface area (Å²) in [6.07, 6.45) is 5.82. The quantitative estimate of drug-likeness (QED) is 0.173. The van der Waals surface area contributed by atoms with Crippen molar-refractivity contribution in [2.24, 2.45) is 11.8 Å². The van der Waals surface area contributed by atoms with E-state index in [0.29, 0.717) is 36.1 Å². The minimum Gasteiger partial charge on any atom is -0.478 e. The van der Waals surface area contributed by atoms with Crippen LogP contribution in [0.1, 0.15) is 62.7 Å². The fraction of sp³-hybridized carbons (Fsp3) is 0.618. The number of benzene rings is 1. The van der Waals surface area contributed by atoms with Crippen molar-refractivity contribution >= 4 is 47.1 Å². The Kier molecular flexibility index (Phi) is 12.4. The van der Waals surface area contributed by atoms with Crippen molar-refractivity contribution in [1.29, 1.82) is 0 Å². The van der Waals surface area contributed by atoms with Crippen molar-refractivity contribution in [2.75, 3.05) is 44.6 Å². The highest BCUT2D eigenvalue weighted by atomic mass is 32.2. The Labute approximate surface area is 290 Å². The number of nitrogens with zero attached hydrogens (tertiary/aromatic N) is 2. The lowest BCUT2D eigenvalue weighted by Crippen LogP contribution is -2.63. The number of nitrogens with one attached hydrogen (secondary N) is 4. The molecule has 0 bridgehead atoms. The first-order valence-electron chi connectivity index (χ1n) is 17.2. The molecule has 49 heavy (non-hydrogen) atoms. The van der Waals surface area contributed by atoms with Crippen LogP contribution in [0, 0.1) is 11.8 Å². The maximum atomic E-state index is 12.7. The van der Waals surface area contributed by atoms with Gasteiger partial charge in [-0.05, 0) is 44.4 Å². The van der Waals surface area contributed by atoms with E-state index in [1.54, 1.807) is 12.1 Å². The minimum absolute atomic E-state index is 0.0298. The molecule has 3 amide bonds. The van der Waals surface area contributed by atoms with E-state index >= 15 is 0 Å². The van der Waals surface area contributed by atoms with E-state index in [0.717, 1.165) is 26.2 Å². The van der Waals surface area contributed by atoms with Gasteiger partial charge in [0.1, 0.15) is 5.70 Å². The number of anilines is 1. The molecule has 14 nitrogen and oxygen atoms in total. The van der Waals surface area contributed by atoms with Gasteiger partial charge >= 0.3 is 11.9 Å². The lowest BCUT2D eigenvalue weighted by molar-refractivity contribution is -0.163.